The van der Waals surface area contributed by atoms with E-state index in [-0.39, 0.29) is 6.42 Å². The molecule has 2 rings (SSSR count). The molecule has 1 heterocycles. The van der Waals surface area contributed by atoms with E-state index in [9.17, 15) is 4.79 Å². The van der Waals surface area contributed by atoms with E-state index in [1.165, 1.54) is 0 Å². The number of carboxylic acids is 1. The number of benzene rings is 1. The quantitative estimate of drug-likeness (QED) is 0.789. The highest BCUT2D eigenvalue weighted by atomic mass is 16.5. The fourth-order valence-corrected chi connectivity index (χ4v) is 2.00. The molecule has 0 aliphatic rings. The van der Waals surface area contributed by atoms with E-state index in [0.29, 0.717) is 36.7 Å². The molecule has 0 radical (unpaired) electrons. The minimum Gasteiger partial charge on any atom is -0.496 e. The minimum atomic E-state index is -0.786. The molecule has 21 heavy (non-hydrogen) atoms. The number of ether oxygens (including phenoxy) is 1. The van der Waals surface area contributed by atoms with Crippen molar-refractivity contribution >= 4 is 5.97 Å². The zero-order valence-electron chi connectivity index (χ0n) is 12.1. The van der Waals surface area contributed by atoms with Crippen LogP contribution < -0.4 is 4.74 Å². The van der Waals surface area contributed by atoms with Gasteiger partial charge in [-0.25, -0.2) is 0 Å². The van der Waals surface area contributed by atoms with Crippen LogP contribution in [-0.2, 0) is 11.2 Å². The molecule has 6 nitrogen and oxygen atoms in total. The van der Waals surface area contributed by atoms with Crippen LogP contribution in [0.4, 0.5) is 0 Å². The summed E-state index contributed by atoms with van der Waals surface area (Å²) in [6.45, 7) is 1.98. The van der Waals surface area contributed by atoms with E-state index >= 15 is 0 Å². The van der Waals surface area contributed by atoms with Gasteiger partial charge < -0.3 is 14.4 Å². The van der Waals surface area contributed by atoms with E-state index in [1.807, 2.05) is 25.1 Å². The number of aromatic nitrogens is 2. The third-order valence-corrected chi connectivity index (χ3v) is 3.10. The van der Waals surface area contributed by atoms with Gasteiger partial charge in [0, 0.05) is 12.8 Å². The second-order valence-corrected chi connectivity index (χ2v) is 4.82. The van der Waals surface area contributed by atoms with E-state index in [4.69, 9.17) is 14.4 Å². The van der Waals surface area contributed by atoms with Crippen LogP contribution in [-0.4, -0.2) is 28.3 Å². The summed E-state index contributed by atoms with van der Waals surface area (Å²) < 4.78 is 10.5. The number of rotatable bonds is 7. The summed E-state index contributed by atoms with van der Waals surface area (Å²) in [4.78, 5) is 14.8. The molecule has 0 fully saturated rings. The van der Waals surface area contributed by atoms with Crippen LogP contribution in [0.25, 0.3) is 11.4 Å². The fourth-order valence-electron chi connectivity index (χ4n) is 2.00. The van der Waals surface area contributed by atoms with Gasteiger partial charge in [0.1, 0.15) is 5.75 Å². The maximum absolute atomic E-state index is 10.4. The first-order valence-electron chi connectivity index (χ1n) is 6.79. The standard InChI is InChI=1S/C15H18N2O4/c1-10-7-8-11(12(9-10)20-2)15-16-13(21-17-15)5-3-4-6-14(18)19/h7-9H,3-6H2,1-2H3,(H,18,19). The molecular formula is C15H18N2O4. The van der Waals surface area contributed by atoms with Gasteiger partial charge in [0.05, 0.1) is 12.7 Å². The molecular weight excluding hydrogens is 272 g/mol. The highest BCUT2D eigenvalue weighted by molar-refractivity contribution is 5.66. The molecule has 0 aliphatic carbocycles. The normalized spacial score (nSPS) is 10.6. The van der Waals surface area contributed by atoms with Crippen LogP contribution in [0.1, 0.15) is 30.7 Å². The van der Waals surface area contributed by atoms with Gasteiger partial charge in [-0.2, -0.15) is 4.98 Å². The maximum Gasteiger partial charge on any atom is 0.303 e. The van der Waals surface area contributed by atoms with Gasteiger partial charge in [-0.1, -0.05) is 11.2 Å². The van der Waals surface area contributed by atoms with E-state index < -0.39 is 5.97 Å². The van der Waals surface area contributed by atoms with Crippen LogP contribution in [0.3, 0.4) is 0 Å². The number of aliphatic carboxylic acids is 1. The fraction of sp³-hybridized carbons (Fsp3) is 0.400. The van der Waals surface area contributed by atoms with Gasteiger partial charge in [0.15, 0.2) is 0 Å². The number of nitrogens with zero attached hydrogens (tertiary/aromatic N) is 2. The summed E-state index contributed by atoms with van der Waals surface area (Å²) in [5.74, 6) is 0.914. The lowest BCUT2D eigenvalue weighted by molar-refractivity contribution is -0.137. The van der Waals surface area contributed by atoms with Gasteiger partial charge in [-0.15, -0.1) is 0 Å². The summed E-state index contributed by atoms with van der Waals surface area (Å²) in [5.41, 5.74) is 1.87. The number of carboxylic acid groups (broad SMARTS) is 1. The number of methoxy groups -OCH3 is 1. The number of hydrogen-bond donors (Lipinski definition) is 1. The van der Waals surface area contributed by atoms with Crippen LogP contribution in [0.5, 0.6) is 5.75 Å². The van der Waals surface area contributed by atoms with Crippen LogP contribution >= 0.6 is 0 Å². The summed E-state index contributed by atoms with van der Waals surface area (Å²) in [7, 11) is 1.60. The van der Waals surface area contributed by atoms with Gasteiger partial charge in [0.25, 0.3) is 0 Å². The zero-order chi connectivity index (χ0) is 15.2. The molecule has 6 heteroatoms. The molecule has 2 aromatic rings. The SMILES string of the molecule is COc1cc(C)ccc1-c1noc(CCCCC(=O)O)n1. The Bertz CT molecular complexity index is 622. The first kappa shape index (κ1) is 15.0. The zero-order valence-corrected chi connectivity index (χ0v) is 12.1. The van der Waals surface area contributed by atoms with Crippen molar-refractivity contribution in [2.24, 2.45) is 0 Å². The lowest BCUT2D eigenvalue weighted by Crippen LogP contribution is -1.95. The van der Waals surface area contributed by atoms with Crippen molar-refractivity contribution < 1.29 is 19.2 Å². The van der Waals surface area contributed by atoms with Crippen molar-refractivity contribution in [2.75, 3.05) is 7.11 Å². The Kier molecular flexibility index (Phi) is 4.92. The Balaban J connectivity index is 2.04. The van der Waals surface area contributed by atoms with Gasteiger partial charge in [0.2, 0.25) is 11.7 Å². The Hall–Kier alpha value is -2.37. The van der Waals surface area contributed by atoms with Gasteiger partial charge in [-0.3, -0.25) is 4.79 Å². The molecule has 1 aromatic carbocycles. The predicted octanol–water partition coefficient (Wildman–Crippen LogP) is 2.85. The third-order valence-electron chi connectivity index (χ3n) is 3.10. The van der Waals surface area contributed by atoms with Gasteiger partial charge in [-0.05, 0) is 37.5 Å². The smallest absolute Gasteiger partial charge is 0.303 e. The summed E-state index contributed by atoms with van der Waals surface area (Å²) in [6, 6.07) is 5.77. The number of aryl methyl sites for hydroxylation is 2. The number of carbonyl (C=O) groups is 1. The average molecular weight is 290 g/mol. The summed E-state index contributed by atoms with van der Waals surface area (Å²) in [6.07, 6.45) is 2.04. The number of unbranched alkanes of at least 4 members (excludes halogenated alkanes) is 1. The summed E-state index contributed by atoms with van der Waals surface area (Å²) in [5, 5.41) is 12.5. The molecule has 1 N–H and O–H groups in total. The topological polar surface area (TPSA) is 85.5 Å². The van der Waals surface area contributed by atoms with Crippen molar-refractivity contribution in [3.63, 3.8) is 0 Å². The van der Waals surface area contributed by atoms with E-state index in [1.54, 1.807) is 7.11 Å². The molecule has 0 aliphatic heterocycles. The highest BCUT2D eigenvalue weighted by Gasteiger charge is 2.13. The average Bonchev–Trinajstić information content (AvgIpc) is 2.92. The second kappa shape index (κ2) is 6.88. The lowest BCUT2D eigenvalue weighted by Gasteiger charge is -2.05. The molecule has 0 bridgehead atoms. The Morgan fingerprint density at radius 1 is 1.38 bits per heavy atom. The first-order chi connectivity index (χ1) is 10.1. The van der Waals surface area contributed by atoms with Crippen LogP contribution in [0.2, 0.25) is 0 Å². The van der Waals surface area contributed by atoms with Crippen molar-refractivity contribution in [2.45, 2.75) is 32.6 Å². The Labute approximate surface area is 122 Å². The Morgan fingerprint density at radius 3 is 2.90 bits per heavy atom. The summed E-state index contributed by atoms with van der Waals surface area (Å²) >= 11 is 0. The largest absolute Gasteiger partial charge is 0.496 e. The van der Waals surface area contributed by atoms with Crippen molar-refractivity contribution in [1.29, 1.82) is 0 Å². The van der Waals surface area contributed by atoms with Crippen LogP contribution in [0.15, 0.2) is 22.7 Å². The van der Waals surface area contributed by atoms with Crippen LogP contribution in [0, 0.1) is 6.92 Å². The van der Waals surface area contributed by atoms with E-state index in [0.717, 1.165) is 11.1 Å². The third kappa shape index (κ3) is 4.05. The second-order valence-electron chi connectivity index (χ2n) is 4.82. The molecule has 0 spiro atoms. The molecule has 1 aromatic heterocycles. The molecule has 0 saturated heterocycles. The molecule has 112 valence electrons. The molecule has 0 amide bonds. The van der Waals surface area contributed by atoms with Crippen molar-refractivity contribution in [3.05, 3.63) is 29.7 Å². The molecule has 0 saturated carbocycles. The first-order valence-corrected chi connectivity index (χ1v) is 6.79. The minimum absolute atomic E-state index is 0.160. The van der Waals surface area contributed by atoms with Gasteiger partial charge >= 0.3 is 5.97 Å². The highest BCUT2D eigenvalue weighted by Crippen LogP contribution is 2.28. The Morgan fingerprint density at radius 2 is 2.19 bits per heavy atom. The van der Waals surface area contributed by atoms with Crippen molar-refractivity contribution in [1.82, 2.24) is 10.1 Å². The number of hydrogen-bond acceptors (Lipinski definition) is 5. The predicted molar refractivity (Wildman–Crippen MR) is 76.2 cm³/mol. The molecule has 0 atom stereocenters. The van der Waals surface area contributed by atoms with Crippen molar-refractivity contribution in [3.8, 4) is 17.1 Å². The maximum atomic E-state index is 10.4. The van der Waals surface area contributed by atoms with E-state index in [2.05, 4.69) is 10.1 Å². The molecule has 0 unspecified atom stereocenters. The lowest BCUT2D eigenvalue weighted by atomic mass is 10.1. The monoisotopic (exact) mass is 290 g/mol.